The molecular weight excluding hydrogens is 228 g/mol. The molecular formula is C10H12N2O3S. The maximum Gasteiger partial charge on any atom is 0.239 e. The number of nitrogens with zero attached hydrogens (tertiary/aromatic N) is 2. The monoisotopic (exact) mass is 240 g/mol. The summed E-state index contributed by atoms with van der Waals surface area (Å²) >= 11 is 0. The summed E-state index contributed by atoms with van der Waals surface area (Å²) in [6.45, 7) is 0. The maximum absolute atomic E-state index is 11.6. The lowest BCUT2D eigenvalue weighted by Crippen LogP contribution is -2.26. The first-order valence-corrected chi connectivity index (χ1v) is 6.10. The Morgan fingerprint density at radius 2 is 1.94 bits per heavy atom. The molecule has 1 aromatic rings. The SMILES string of the molecule is CON(C)S(=O)(=O)Cc1ccc(C#N)cc1. The van der Waals surface area contributed by atoms with E-state index < -0.39 is 10.0 Å². The van der Waals surface area contributed by atoms with Crippen molar-refractivity contribution in [2.24, 2.45) is 0 Å². The fourth-order valence-electron chi connectivity index (χ4n) is 1.09. The van der Waals surface area contributed by atoms with Crippen molar-refractivity contribution in [1.29, 1.82) is 5.26 Å². The van der Waals surface area contributed by atoms with Gasteiger partial charge in [0.2, 0.25) is 10.0 Å². The van der Waals surface area contributed by atoms with Crippen molar-refractivity contribution in [3.05, 3.63) is 35.4 Å². The molecule has 1 rings (SSSR count). The molecule has 0 spiro atoms. The maximum atomic E-state index is 11.6. The lowest BCUT2D eigenvalue weighted by atomic mass is 10.2. The van der Waals surface area contributed by atoms with Crippen LogP contribution in [0.3, 0.4) is 0 Å². The second-order valence-corrected chi connectivity index (χ2v) is 5.12. The fourth-order valence-corrected chi connectivity index (χ4v) is 2.11. The predicted octanol–water partition coefficient (Wildman–Crippen LogP) is 0.881. The Kier molecular flexibility index (Phi) is 4.01. The molecule has 0 saturated heterocycles. The molecule has 5 nitrogen and oxygen atoms in total. The summed E-state index contributed by atoms with van der Waals surface area (Å²) in [6.07, 6.45) is 0. The Bertz CT molecular complexity index is 488. The summed E-state index contributed by atoms with van der Waals surface area (Å²) in [5, 5.41) is 8.59. The van der Waals surface area contributed by atoms with Crippen LogP contribution in [0, 0.1) is 11.3 Å². The van der Waals surface area contributed by atoms with Gasteiger partial charge in [0, 0.05) is 7.05 Å². The lowest BCUT2D eigenvalue weighted by molar-refractivity contribution is -0.0260. The third-order valence-corrected chi connectivity index (χ3v) is 3.71. The summed E-state index contributed by atoms with van der Waals surface area (Å²) < 4.78 is 24.1. The molecule has 0 N–H and O–H groups in total. The van der Waals surface area contributed by atoms with Gasteiger partial charge in [-0.2, -0.15) is 5.26 Å². The van der Waals surface area contributed by atoms with Crippen LogP contribution in [0.5, 0.6) is 0 Å². The van der Waals surface area contributed by atoms with Crippen molar-refractivity contribution in [1.82, 2.24) is 4.47 Å². The fraction of sp³-hybridized carbons (Fsp3) is 0.300. The van der Waals surface area contributed by atoms with E-state index >= 15 is 0 Å². The molecule has 0 fully saturated rings. The molecule has 0 atom stereocenters. The zero-order valence-electron chi connectivity index (χ0n) is 9.04. The second kappa shape index (κ2) is 5.07. The van der Waals surface area contributed by atoms with E-state index in [9.17, 15) is 8.42 Å². The summed E-state index contributed by atoms with van der Waals surface area (Å²) in [5.41, 5.74) is 1.11. The van der Waals surface area contributed by atoms with Gasteiger partial charge in [-0.1, -0.05) is 16.6 Å². The Hall–Kier alpha value is -1.42. The van der Waals surface area contributed by atoms with Crippen LogP contribution in [0.15, 0.2) is 24.3 Å². The number of hydrogen-bond acceptors (Lipinski definition) is 4. The molecule has 0 radical (unpaired) electrons. The van der Waals surface area contributed by atoms with Crippen molar-refractivity contribution in [3.63, 3.8) is 0 Å². The van der Waals surface area contributed by atoms with Gasteiger partial charge in [0.15, 0.2) is 0 Å². The van der Waals surface area contributed by atoms with E-state index in [0.717, 1.165) is 4.47 Å². The molecule has 1 aromatic carbocycles. The van der Waals surface area contributed by atoms with Gasteiger partial charge in [-0.25, -0.2) is 8.42 Å². The topological polar surface area (TPSA) is 70.4 Å². The molecule has 0 amide bonds. The molecule has 0 unspecified atom stereocenters. The standard InChI is InChI=1S/C10H12N2O3S/c1-12(15-2)16(13,14)8-10-5-3-9(7-11)4-6-10/h3-6H,8H2,1-2H3. The molecule has 6 heteroatoms. The van der Waals surface area contributed by atoms with E-state index in [1.54, 1.807) is 24.3 Å². The largest absolute Gasteiger partial charge is 0.288 e. The zero-order chi connectivity index (χ0) is 12.2. The van der Waals surface area contributed by atoms with Crippen LogP contribution in [0.1, 0.15) is 11.1 Å². The average Bonchev–Trinajstić information content (AvgIpc) is 2.28. The zero-order valence-corrected chi connectivity index (χ0v) is 9.86. The second-order valence-electron chi connectivity index (χ2n) is 3.16. The Morgan fingerprint density at radius 1 is 1.38 bits per heavy atom. The summed E-state index contributed by atoms with van der Waals surface area (Å²) in [4.78, 5) is 4.63. The van der Waals surface area contributed by atoms with Gasteiger partial charge in [0.25, 0.3) is 0 Å². The van der Waals surface area contributed by atoms with Crippen molar-refractivity contribution in [3.8, 4) is 6.07 Å². The number of rotatable bonds is 4. The van der Waals surface area contributed by atoms with Crippen LogP contribution in [0.25, 0.3) is 0 Å². The molecule has 86 valence electrons. The van der Waals surface area contributed by atoms with Gasteiger partial charge in [0.1, 0.15) is 0 Å². The molecule has 0 saturated carbocycles. The minimum atomic E-state index is -3.45. The van der Waals surface area contributed by atoms with E-state index in [4.69, 9.17) is 5.26 Å². The first-order chi connectivity index (χ1) is 7.49. The van der Waals surface area contributed by atoms with Gasteiger partial charge in [-0.15, -0.1) is 0 Å². The molecule has 0 aliphatic rings. The number of hydroxylamine groups is 1. The first-order valence-electron chi connectivity index (χ1n) is 4.49. The summed E-state index contributed by atoms with van der Waals surface area (Å²) in [6, 6.07) is 8.35. The molecule has 0 heterocycles. The van der Waals surface area contributed by atoms with Crippen LogP contribution < -0.4 is 0 Å². The minimum Gasteiger partial charge on any atom is -0.288 e. The van der Waals surface area contributed by atoms with Gasteiger partial charge in [-0.05, 0) is 17.7 Å². The van der Waals surface area contributed by atoms with Gasteiger partial charge in [-0.3, -0.25) is 4.84 Å². The van der Waals surface area contributed by atoms with Gasteiger partial charge in [0.05, 0.1) is 24.5 Å². The molecule has 0 aromatic heterocycles. The average molecular weight is 240 g/mol. The van der Waals surface area contributed by atoms with Gasteiger partial charge < -0.3 is 0 Å². The molecule has 0 bridgehead atoms. The van der Waals surface area contributed by atoms with Crippen molar-refractivity contribution >= 4 is 10.0 Å². The third kappa shape index (κ3) is 3.03. The highest BCUT2D eigenvalue weighted by molar-refractivity contribution is 7.88. The quantitative estimate of drug-likeness (QED) is 0.732. The Labute approximate surface area is 94.9 Å². The Morgan fingerprint density at radius 3 is 2.38 bits per heavy atom. The summed E-state index contributed by atoms with van der Waals surface area (Å²) in [5.74, 6) is -0.150. The number of hydrogen-bond donors (Lipinski definition) is 0. The van der Waals surface area contributed by atoms with E-state index in [2.05, 4.69) is 4.84 Å². The molecule has 0 aliphatic carbocycles. The van der Waals surface area contributed by atoms with E-state index in [-0.39, 0.29) is 5.75 Å². The summed E-state index contributed by atoms with van der Waals surface area (Å²) in [7, 11) is -0.834. The van der Waals surface area contributed by atoms with Crippen LogP contribution >= 0.6 is 0 Å². The number of nitriles is 1. The van der Waals surface area contributed by atoms with E-state index in [0.29, 0.717) is 11.1 Å². The molecule has 16 heavy (non-hydrogen) atoms. The normalized spacial score (nSPS) is 11.4. The predicted molar refractivity (Wildman–Crippen MR) is 58.6 cm³/mol. The van der Waals surface area contributed by atoms with Gasteiger partial charge >= 0.3 is 0 Å². The smallest absolute Gasteiger partial charge is 0.239 e. The third-order valence-electron chi connectivity index (χ3n) is 2.08. The highest BCUT2D eigenvalue weighted by Crippen LogP contribution is 2.10. The van der Waals surface area contributed by atoms with Crippen molar-refractivity contribution in [2.75, 3.05) is 14.2 Å². The number of benzene rings is 1. The Balaban J connectivity index is 2.85. The van der Waals surface area contributed by atoms with Crippen LogP contribution in [0.2, 0.25) is 0 Å². The van der Waals surface area contributed by atoms with E-state index in [1.165, 1.54) is 14.2 Å². The molecule has 0 aliphatic heterocycles. The highest BCUT2D eigenvalue weighted by atomic mass is 32.2. The highest BCUT2D eigenvalue weighted by Gasteiger charge is 2.17. The van der Waals surface area contributed by atoms with Crippen LogP contribution in [-0.4, -0.2) is 27.0 Å². The first kappa shape index (κ1) is 12.6. The van der Waals surface area contributed by atoms with Crippen LogP contribution in [0.4, 0.5) is 0 Å². The van der Waals surface area contributed by atoms with E-state index in [1.807, 2.05) is 6.07 Å². The van der Waals surface area contributed by atoms with Crippen LogP contribution in [-0.2, 0) is 20.6 Å². The lowest BCUT2D eigenvalue weighted by Gasteiger charge is -2.13. The van der Waals surface area contributed by atoms with Crippen molar-refractivity contribution in [2.45, 2.75) is 5.75 Å². The van der Waals surface area contributed by atoms with Crippen molar-refractivity contribution < 1.29 is 13.3 Å². The minimum absolute atomic E-state index is 0.150. The number of sulfonamides is 1.